The van der Waals surface area contributed by atoms with Crippen LogP contribution in [0.2, 0.25) is 0 Å². The predicted molar refractivity (Wildman–Crippen MR) is 73.6 cm³/mol. The van der Waals surface area contributed by atoms with E-state index < -0.39 is 39.1 Å². The number of amides is 1. The van der Waals surface area contributed by atoms with Crippen LogP contribution in [0.15, 0.2) is 29.2 Å². The van der Waals surface area contributed by atoms with E-state index in [0.717, 1.165) is 18.2 Å². The van der Waals surface area contributed by atoms with E-state index in [1.54, 1.807) is 7.05 Å². The summed E-state index contributed by atoms with van der Waals surface area (Å²) in [6.45, 7) is 0.259. The SMILES string of the molecule is CNCCNC(=O)CNS(=O)(=O)c1cccc(C(F)(F)F)c1. The number of halogens is 3. The molecule has 1 rings (SSSR count). The number of hydrogen-bond acceptors (Lipinski definition) is 4. The fourth-order valence-electron chi connectivity index (χ4n) is 1.47. The Morgan fingerprint density at radius 1 is 1.23 bits per heavy atom. The molecule has 124 valence electrons. The molecule has 6 nitrogen and oxygen atoms in total. The topological polar surface area (TPSA) is 87.3 Å². The van der Waals surface area contributed by atoms with Gasteiger partial charge in [0.1, 0.15) is 0 Å². The molecule has 1 aromatic carbocycles. The fraction of sp³-hybridized carbons (Fsp3) is 0.417. The molecular weight excluding hydrogens is 323 g/mol. The van der Waals surface area contributed by atoms with Crippen LogP contribution in [0.3, 0.4) is 0 Å². The second-order valence-corrected chi connectivity index (χ2v) is 6.07. The first-order valence-electron chi connectivity index (χ1n) is 6.25. The molecule has 0 saturated heterocycles. The molecule has 3 N–H and O–H groups in total. The number of benzene rings is 1. The molecule has 0 saturated carbocycles. The molecule has 0 heterocycles. The zero-order valence-electron chi connectivity index (χ0n) is 11.7. The van der Waals surface area contributed by atoms with Crippen LogP contribution in [0.1, 0.15) is 5.56 Å². The standard InChI is InChI=1S/C12H16F3N3O3S/c1-16-5-6-17-11(19)8-18-22(20,21)10-4-2-3-9(7-10)12(13,14)15/h2-4,7,16,18H,5-6,8H2,1H3,(H,17,19). The maximum atomic E-state index is 12.6. The quantitative estimate of drug-likeness (QED) is 0.625. The van der Waals surface area contributed by atoms with Gasteiger partial charge in [-0.3, -0.25) is 4.79 Å². The molecule has 0 fully saturated rings. The Morgan fingerprint density at radius 3 is 2.50 bits per heavy atom. The first kappa shape index (κ1) is 18.4. The third-order valence-electron chi connectivity index (χ3n) is 2.59. The molecule has 0 aromatic heterocycles. The molecule has 0 aliphatic heterocycles. The maximum absolute atomic E-state index is 12.6. The second-order valence-electron chi connectivity index (χ2n) is 4.30. The average Bonchev–Trinajstić information content (AvgIpc) is 2.45. The van der Waals surface area contributed by atoms with Gasteiger partial charge in [-0.05, 0) is 25.2 Å². The Hall–Kier alpha value is -1.65. The normalized spacial score (nSPS) is 12.2. The van der Waals surface area contributed by atoms with Crippen LogP contribution in [0.4, 0.5) is 13.2 Å². The van der Waals surface area contributed by atoms with Crippen molar-refractivity contribution in [1.29, 1.82) is 0 Å². The van der Waals surface area contributed by atoms with Crippen LogP contribution >= 0.6 is 0 Å². The van der Waals surface area contributed by atoms with E-state index in [9.17, 15) is 26.4 Å². The van der Waals surface area contributed by atoms with Crippen LogP contribution in [0.5, 0.6) is 0 Å². The summed E-state index contributed by atoms with van der Waals surface area (Å²) in [7, 11) is -2.51. The molecule has 1 aromatic rings. The maximum Gasteiger partial charge on any atom is 0.416 e. The van der Waals surface area contributed by atoms with Gasteiger partial charge in [-0.2, -0.15) is 13.2 Å². The number of carbonyl (C=O) groups is 1. The molecular formula is C12H16F3N3O3S. The van der Waals surface area contributed by atoms with Crippen molar-refractivity contribution in [3.63, 3.8) is 0 Å². The van der Waals surface area contributed by atoms with Crippen molar-refractivity contribution in [2.75, 3.05) is 26.7 Å². The van der Waals surface area contributed by atoms with Crippen LogP contribution in [0.25, 0.3) is 0 Å². The van der Waals surface area contributed by atoms with Crippen LogP contribution in [-0.2, 0) is 21.0 Å². The third kappa shape index (κ3) is 5.62. The van der Waals surface area contributed by atoms with Crippen molar-refractivity contribution < 1.29 is 26.4 Å². The van der Waals surface area contributed by atoms with Gasteiger partial charge < -0.3 is 10.6 Å². The van der Waals surface area contributed by atoms with Gasteiger partial charge in [0.15, 0.2) is 0 Å². The summed E-state index contributed by atoms with van der Waals surface area (Å²) in [6.07, 6.45) is -4.64. The van der Waals surface area contributed by atoms with Crippen molar-refractivity contribution in [3.8, 4) is 0 Å². The smallest absolute Gasteiger partial charge is 0.354 e. The molecule has 0 atom stereocenters. The van der Waals surface area contributed by atoms with Gasteiger partial charge in [-0.25, -0.2) is 13.1 Å². The molecule has 0 radical (unpaired) electrons. The van der Waals surface area contributed by atoms with Gasteiger partial charge in [-0.1, -0.05) is 6.07 Å². The number of likely N-dealkylation sites (N-methyl/N-ethyl adjacent to an activating group) is 1. The van der Waals surface area contributed by atoms with Gasteiger partial charge >= 0.3 is 6.18 Å². The Kier molecular flexibility index (Phi) is 6.33. The highest BCUT2D eigenvalue weighted by Gasteiger charge is 2.31. The molecule has 0 aliphatic carbocycles. The summed E-state index contributed by atoms with van der Waals surface area (Å²) < 4.78 is 63.4. The van der Waals surface area contributed by atoms with Crippen LogP contribution in [0, 0.1) is 0 Å². The summed E-state index contributed by atoms with van der Waals surface area (Å²) in [5.41, 5.74) is -1.08. The van der Waals surface area contributed by atoms with Gasteiger partial charge in [0, 0.05) is 13.1 Å². The number of nitrogens with one attached hydrogen (secondary N) is 3. The fourth-order valence-corrected chi connectivity index (χ4v) is 2.50. The molecule has 0 spiro atoms. The predicted octanol–water partition coefficient (Wildman–Crippen LogP) is 0.319. The van der Waals surface area contributed by atoms with Gasteiger partial charge in [-0.15, -0.1) is 0 Å². The summed E-state index contributed by atoms with van der Waals surface area (Å²) in [6, 6.07) is 3.30. The zero-order valence-corrected chi connectivity index (χ0v) is 12.5. The Bertz CT molecular complexity index is 618. The second kappa shape index (κ2) is 7.56. The Morgan fingerprint density at radius 2 is 1.91 bits per heavy atom. The summed E-state index contributed by atoms with van der Waals surface area (Å²) in [4.78, 5) is 10.8. The minimum Gasteiger partial charge on any atom is -0.354 e. The van der Waals surface area contributed by atoms with Gasteiger partial charge in [0.2, 0.25) is 15.9 Å². The van der Waals surface area contributed by atoms with Crippen molar-refractivity contribution in [1.82, 2.24) is 15.4 Å². The van der Waals surface area contributed by atoms with E-state index in [-0.39, 0.29) is 0 Å². The Balaban J connectivity index is 2.73. The molecule has 0 unspecified atom stereocenters. The van der Waals surface area contributed by atoms with E-state index in [0.29, 0.717) is 19.2 Å². The van der Waals surface area contributed by atoms with E-state index >= 15 is 0 Å². The monoisotopic (exact) mass is 339 g/mol. The number of rotatable bonds is 7. The van der Waals surface area contributed by atoms with E-state index in [2.05, 4.69) is 10.6 Å². The van der Waals surface area contributed by atoms with E-state index in [1.807, 2.05) is 4.72 Å². The number of sulfonamides is 1. The first-order valence-corrected chi connectivity index (χ1v) is 7.73. The summed E-state index contributed by atoms with van der Waals surface area (Å²) in [5, 5.41) is 5.22. The van der Waals surface area contributed by atoms with Crippen molar-refractivity contribution in [3.05, 3.63) is 29.8 Å². The zero-order chi connectivity index (χ0) is 16.8. The van der Waals surface area contributed by atoms with E-state index in [1.165, 1.54) is 0 Å². The number of carbonyl (C=O) groups excluding carboxylic acids is 1. The third-order valence-corrected chi connectivity index (χ3v) is 3.99. The lowest BCUT2D eigenvalue weighted by Gasteiger charge is -2.10. The molecule has 10 heteroatoms. The summed E-state index contributed by atoms with van der Waals surface area (Å²) in [5.74, 6) is -0.578. The molecule has 0 bridgehead atoms. The lowest BCUT2D eigenvalue weighted by atomic mass is 10.2. The number of hydrogen-bond donors (Lipinski definition) is 3. The molecule has 1 amide bonds. The molecule has 22 heavy (non-hydrogen) atoms. The van der Waals surface area contributed by atoms with Gasteiger partial charge in [0.25, 0.3) is 0 Å². The highest BCUT2D eigenvalue weighted by Crippen LogP contribution is 2.30. The van der Waals surface area contributed by atoms with Crippen LogP contribution < -0.4 is 15.4 Å². The Labute approximate surface area is 126 Å². The summed E-state index contributed by atoms with van der Waals surface area (Å²) >= 11 is 0. The number of alkyl halides is 3. The van der Waals surface area contributed by atoms with Crippen molar-refractivity contribution in [2.45, 2.75) is 11.1 Å². The highest BCUT2D eigenvalue weighted by molar-refractivity contribution is 7.89. The van der Waals surface area contributed by atoms with Crippen LogP contribution in [-0.4, -0.2) is 41.0 Å². The first-order chi connectivity index (χ1) is 10.2. The highest BCUT2D eigenvalue weighted by atomic mass is 32.2. The molecule has 0 aliphatic rings. The van der Waals surface area contributed by atoms with Crippen molar-refractivity contribution >= 4 is 15.9 Å². The lowest BCUT2D eigenvalue weighted by molar-refractivity contribution is -0.137. The largest absolute Gasteiger partial charge is 0.416 e. The van der Waals surface area contributed by atoms with Crippen molar-refractivity contribution in [2.24, 2.45) is 0 Å². The van der Waals surface area contributed by atoms with E-state index in [4.69, 9.17) is 0 Å². The minimum absolute atomic E-state index is 0.306. The lowest BCUT2D eigenvalue weighted by Crippen LogP contribution is -2.39. The van der Waals surface area contributed by atoms with Gasteiger partial charge in [0.05, 0.1) is 17.0 Å². The minimum atomic E-state index is -4.64. The average molecular weight is 339 g/mol.